The quantitative estimate of drug-likeness (QED) is 0.751. The van der Waals surface area contributed by atoms with Crippen molar-refractivity contribution in [3.63, 3.8) is 0 Å². The Hall–Kier alpha value is -3.02. The molecule has 0 bridgehead atoms. The molecule has 1 N–H and O–H groups in total. The third-order valence-corrected chi connectivity index (χ3v) is 5.57. The number of carbonyl (C=O) groups excluding carboxylic acids is 1. The molecule has 0 spiro atoms. The second-order valence-electron chi connectivity index (χ2n) is 7.67. The number of tetrazole rings is 1. The van der Waals surface area contributed by atoms with E-state index in [1.54, 1.807) is 4.68 Å². The summed E-state index contributed by atoms with van der Waals surface area (Å²) in [5.41, 5.74) is 3.34. The topological polar surface area (TPSA) is 72.7 Å². The number of nitrogens with one attached hydrogen (secondary N) is 1. The van der Waals surface area contributed by atoms with Crippen LogP contribution in [0.5, 0.6) is 0 Å². The Balaban J connectivity index is 1.75. The lowest BCUT2D eigenvalue weighted by Crippen LogP contribution is -2.49. The molecule has 1 fully saturated rings. The van der Waals surface area contributed by atoms with E-state index >= 15 is 0 Å². The van der Waals surface area contributed by atoms with E-state index in [2.05, 4.69) is 46.8 Å². The van der Waals surface area contributed by atoms with Crippen molar-refractivity contribution in [2.45, 2.75) is 51.5 Å². The first-order chi connectivity index (χ1) is 13.6. The average molecular weight is 375 g/mol. The lowest BCUT2D eigenvalue weighted by Gasteiger charge is -2.36. The number of aromatic nitrogens is 4. The SMILES string of the molecule is Cc1ccc(-n2nnnc2C2(NC(=O)c3ccccc3)CCCCC2)c(C)c1. The monoisotopic (exact) mass is 375 g/mol. The highest BCUT2D eigenvalue weighted by Crippen LogP contribution is 2.37. The maximum Gasteiger partial charge on any atom is 0.252 e. The molecule has 0 atom stereocenters. The molecular formula is C22H25N5O. The van der Waals surface area contributed by atoms with Gasteiger partial charge in [0.1, 0.15) is 5.54 Å². The van der Waals surface area contributed by atoms with Crippen molar-refractivity contribution in [2.24, 2.45) is 0 Å². The van der Waals surface area contributed by atoms with Gasteiger partial charge in [-0.15, -0.1) is 5.10 Å². The van der Waals surface area contributed by atoms with Gasteiger partial charge < -0.3 is 5.32 Å². The van der Waals surface area contributed by atoms with Crippen molar-refractivity contribution in [1.82, 2.24) is 25.5 Å². The normalized spacial score (nSPS) is 15.9. The van der Waals surface area contributed by atoms with Crippen LogP contribution in [0.3, 0.4) is 0 Å². The number of nitrogens with zero attached hydrogens (tertiary/aromatic N) is 4. The third kappa shape index (κ3) is 3.42. The van der Waals surface area contributed by atoms with Crippen LogP contribution in [0, 0.1) is 13.8 Å². The van der Waals surface area contributed by atoms with Gasteiger partial charge in [0, 0.05) is 5.56 Å². The summed E-state index contributed by atoms with van der Waals surface area (Å²) in [4.78, 5) is 13.0. The molecule has 6 nitrogen and oxygen atoms in total. The number of amides is 1. The Bertz CT molecular complexity index is 974. The van der Waals surface area contributed by atoms with Crippen LogP contribution in [-0.4, -0.2) is 26.1 Å². The first-order valence-corrected chi connectivity index (χ1v) is 9.83. The number of hydrogen-bond donors (Lipinski definition) is 1. The molecule has 28 heavy (non-hydrogen) atoms. The maximum absolute atomic E-state index is 13.0. The van der Waals surface area contributed by atoms with Crippen LogP contribution in [0.4, 0.5) is 0 Å². The van der Waals surface area contributed by atoms with Crippen molar-refractivity contribution in [2.75, 3.05) is 0 Å². The third-order valence-electron chi connectivity index (χ3n) is 5.57. The largest absolute Gasteiger partial charge is 0.339 e. The molecule has 6 heteroatoms. The lowest BCUT2D eigenvalue weighted by molar-refractivity contribution is 0.0855. The van der Waals surface area contributed by atoms with Crippen LogP contribution in [0.2, 0.25) is 0 Å². The van der Waals surface area contributed by atoms with Gasteiger partial charge in [0.05, 0.1) is 5.69 Å². The Morgan fingerprint density at radius 3 is 2.50 bits per heavy atom. The molecule has 144 valence electrons. The van der Waals surface area contributed by atoms with Gasteiger partial charge in [-0.3, -0.25) is 4.79 Å². The van der Waals surface area contributed by atoms with Crippen molar-refractivity contribution < 1.29 is 4.79 Å². The van der Waals surface area contributed by atoms with E-state index in [9.17, 15) is 4.79 Å². The van der Waals surface area contributed by atoms with E-state index in [-0.39, 0.29) is 5.91 Å². The second-order valence-corrected chi connectivity index (χ2v) is 7.67. The van der Waals surface area contributed by atoms with Crippen LogP contribution >= 0.6 is 0 Å². The van der Waals surface area contributed by atoms with Crippen molar-refractivity contribution >= 4 is 5.91 Å². The molecular weight excluding hydrogens is 350 g/mol. The van der Waals surface area contributed by atoms with Gasteiger partial charge >= 0.3 is 0 Å². The summed E-state index contributed by atoms with van der Waals surface area (Å²) in [5, 5.41) is 15.9. The minimum atomic E-state index is -0.563. The smallest absolute Gasteiger partial charge is 0.252 e. The summed E-state index contributed by atoms with van der Waals surface area (Å²) in [5.74, 6) is 0.626. The van der Waals surface area contributed by atoms with Crippen LogP contribution in [0.25, 0.3) is 5.69 Å². The molecule has 0 unspecified atom stereocenters. The van der Waals surface area contributed by atoms with Gasteiger partial charge in [-0.05, 0) is 60.9 Å². The van der Waals surface area contributed by atoms with Crippen molar-refractivity contribution in [3.05, 3.63) is 71.0 Å². The van der Waals surface area contributed by atoms with E-state index in [0.29, 0.717) is 11.4 Å². The minimum Gasteiger partial charge on any atom is -0.339 e. The van der Waals surface area contributed by atoms with Gasteiger partial charge in [0.25, 0.3) is 5.91 Å². The standard InChI is InChI=1S/C22H25N5O/c1-16-11-12-19(17(2)15-16)27-21(24-25-26-27)22(13-7-4-8-14-22)23-20(28)18-9-5-3-6-10-18/h3,5-6,9-12,15H,4,7-8,13-14H2,1-2H3,(H,23,28). The fourth-order valence-corrected chi connectivity index (χ4v) is 4.13. The lowest BCUT2D eigenvalue weighted by atomic mass is 9.80. The highest BCUT2D eigenvalue weighted by molar-refractivity contribution is 5.94. The van der Waals surface area contributed by atoms with Crippen molar-refractivity contribution in [1.29, 1.82) is 0 Å². The first-order valence-electron chi connectivity index (χ1n) is 9.83. The summed E-state index contributed by atoms with van der Waals surface area (Å²) in [6, 6.07) is 15.6. The molecule has 1 heterocycles. The number of carbonyl (C=O) groups is 1. The Morgan fingerprint density at radius 1 is 1.04 bits per heavy atom. The van der Waals surface area contributed by atoms with Gasteiger partial charge in [-0.25, -0.2) is 0 Å². The molecule has 0 radical (unpaired) electrons. The Kier molecular flexibility index (Phi) is 4.94. The Labute approximate surface area is 165 Å². The van der Waals surface area contributed by atoms with Crippen LogP contribution < -0.4 is 5.32 Å². The minimum absolute atomic E-state index is 0.0855. The highest BCUT2D eigenvalue weighted by atomic mass is 16.1. The maximum atomic E-state index is 13.0. The molecule has 4 rings (SSSR count). The number of benzene rings is 2. The molecule has 1 amide bonds. The molecule has 0 saturated heterocycles. The Morgan fingerprint density at radius 2 is 1.79 bits per heavy atom. The molecule has 1 aliphatic rings. The van der Waals surface area contributed by atoms with E-state index in [1.807, 2.05) is 36.4 Å². The van der Waals surface area contributed by atoms with Gasteiger partial charge in [0.2, 0.25) is 0 Å². The zero-order valence-electron chi connectivity index (χ0n) is 16.4. The molecule has 1 aliphatic carbocycles. The first kappa shape index (κ1) is 18.3. The highest BCUT2D eigenvalue weighted by Gasteiger charge is 2.41. The zero-order valence-corrected chi connectivity index (χ0v) is 16.4. The molecule has 1 aromatic heterocycles. The zero-order chi connectivity index (χ0) is 19.6. The fourth-order valence-electron chi connectivity index (χ4n) is 4.13. The summed E-state index contributed by atoms with van der Waals surface area (Å²) >= 11 is 0. The second kappa shape index (κ2) is 7.54. The number of hydrogen-bond acceptors (Lipinski definition) is 4. The molecule has 1 saturated carbocycles. The summed E-state index contributed by atoms with van der Waals surface area (Å²) in [6.45, 7) is 4.13. The molecule has 0 aliphatic heterocycles. The van der Waals surface area contributed by atoms with Crippen LogP contribution in [0.1, 0.15) is 59.4 Å². The predicted octanol–water partition coefficient (Wildman–Crippen LogP) is 3.87. The molecule has 2 aromatic carbocycles. The summed E-state index contributed by atoms with van der Waals surface area (Å²) < 4.78 is 1.80. The molecule has 3 aromatic rings. The van der Waals surface area contributed by atoms with E-state index < -0.39 is 5.54 Å². The van der Waals surface area contributed by atoms with Gasteiger partial charge in [0.15, 0.2) is 5.82 Å². The van der Waals surface area contributed by atoms with Crippen molar-refractivity contribution in [3.8, 4) is 5.69 Å². The van der Waals surface area contributed by atoms with E-state index in [1.165, 1.54) is 5.56 Å². The van der Waals surface area contributed by atoms with E-state index in [4.69, 9.17) is 0 Å². The predicted molar refractivity (Wildman–Crippen MR) is 107 cm³/mol. The van der Waals surface area contributed by atoms with Gasteiger partial charge in [-0.2, -0.15) is 4.68 Å². The summed E-state index contributed by atoms with van der Waals surface area (Å²) in [7, 11) is 0. The summed E-state index contributed by atoms with van der Waals surface area (Å²) in [6.07, 6.45) is 4.89. The number of rotatable bonds is 4. The number of aryl methyl sites for hydroxylation is 2. The van der Waals surface area contributed by atoms with E-state index in [0.717, 1.165) is 43.4 Å². The average Bonchev–Trinajstić information content (AvgIpc) is 3.20. The van der Waals surface area contributed by atoms with Crippen LogP contribution in [0.15, 0.2) is 48.5 Å². The van der Waals surface area contributed by atoms with Gasteiger partial charge in [-0.1, -0.05) is 55.2 Å². The fraction of sp³-hybridized carbons (Fsp3) is 0.364. The van der Waals surface area contributed by atoms with Crippen LogP contribution in [-0.2, 0) is 5.54 Å².